The number of para-hydroxylation sites is 1. The highest BCUT2D eigenvalue weighted by molar-refractivity contribution is 5.88. The van der Waals surface area contributed by atoms with Gasteiger partial charge in [0, 0.05) is 19.5 Å². The number of hydrogen-bond donors (Lipinski definition) is 1. The van der Waals surface area contributed by atoms with E-state index < -0.39 is 6.04 Å². The van der Waals surface area contributed by atoms with Crippen molar-refractivity contribution in [3.63, 3.8) is 0 Å². The van der Waals surface area contributed by atoms with Crippen LogP contribution in [0, 0.1) is 0 Å². The Labute approximate surface area is 154 Å². The van der Waals surface area contributed by atoms with E-state index in [1.165, 1.54) is 0 Å². The molecule has 0 aromatic heterocycles. The predicted molar refractivity (Wildman–Crippen MR) is 100 cm³/mol. The van der Waals surface area contributed by atoms with Crippen molar-refractivity contribution in [1.82, 2.24) is 10.2 Å². The third-order valence-corrected chi connectivity index (χ3v) is 4.55. The molecule has 0 saturated carbocycles. The number of amides is 2. The van der Waals surface area contributed by atoms with Gasteiger partial charge in [0.05, 0.1) is 0 Å². The maximum Gasteiger partial charge on any atom is 0.242 e. The summed E-state index contributed by atoms with van der Waals surface area (Å²) in [4.78, 5) is 25.6. The lowest BCUT2D eigenvalue weighted by Crippen LogP contribution is -2.46. The molecular weight excluding hydrogens is 328 g/mol. The maximum atomic E-state index is 12.2. The largest absolute Gasteiger partial charge is 0.457 e. The lowest BCUT2D eigenvalue weighted by Gasteiger charge is -2.23. The molecule has 1 fully saturated rings. The van der Waals surface area contributed by atoms with Gasteiger partial charge < -0.3 is 15.0 Å². The second-order valence-electron chi connectivity index (χ2n) is 6.47. The van der Waals surface area contributed by atoms with Gasteiger partial charge in [-0.2, -0.15) is 0 Å². The Morgan fingerprint density at radius 2 is 1.92 bits per heavy atom. The van der Waals surface area contributed by atoms with Gasteiger partial charge in [0.25, 0.3) is 0 Å². The van der Waals surface area contributed by atoms with Crippen LogP contribution in [0.25, 0.3) is 0 Å². The smallest absolute Gasteiger partial charge is 0.242 e. The first-order valence-corrected chi connectivity index (χ1v) is 9.02. The van der Waals surface area contributed by atoms with Crippen LogP contribution in [-0.2, 0) is 16.0 Å². The Morgan fingerprint density at radius 3 is 2.65 bits per heavy atom. The number of nitrogens with one attached hydrogen (secondary N) is 1. The van der Waals surface area contributed by atoms with Crippen LogP contribution in [-0.4, -0.2) is 35.8 Å². The van der Waals surface area contributed by atoms with Crippen molar-refractivity contribution in [1.29, 1.82) is 0 Å². The monoisotopic (exact) mass is 352 g/mol. The highest BCUT2D eigenvalue weighted by Crippen LogP contribution is 2.22. The number of likely N-dealkylation sites (tertiary alicyclic amines) is 1. The molecule has 136 valence electrons. The van der Waals surface area contributed by atoms with E-state index >= 15 is 0 Å². The number of rotatable bonds is 7. The predicted octanol–water partition coefficient (Wildman–Crippen LogP) is 3.15. The molecule has 5 nitrogen and oxygen atoms in total. The molecule has 1 saturated heterocycles. The quantitative estimate of drug-likeness (QED) is 0.833. The lowest BCUT2D eigenvalue weighted by molar-refractivity contribution is -0.136. The van der Waals surface area contributed by atoms with Crippen LogP contribution in [0.3, 0.4) is 0 Å². The van der Waals surface area contributed by atoms with E-state index in [-0.39, 0.29) is 11.8 Å². The van der Waals surface area contributed by atoms with Crippen molar-refractivity contribution in [2.45, 2.75) is 32.2 Å². The Morgan fingerprint density at radius 1 is 1.15 bits per heavy atom. The van der Waals surface area contributed by atoms with E-state index in [2.05, 4.69) is 5.32 Å². The Hall–Kier alpha value is -2.82. The molecule has 1 heterocycles. The summed E-state index contributed by atoms with van der Waals surface area (Å²) in [6.45, 7) is 2.99. The van der Waals surface area contributed by atoms with Crippen molar-refractivity contribution in [3.8, 4) is 11.5 Å². The average molecular weight is 352 g/mol. The molecule has 2 aromatic rings. The van der Waals surface area contributed by atoms with E-state index in [1.54, 1.807) is 11.8 Å². The summed E-state index contributed by atoms with van der Waals surface area (Å²) in [6.07, 6.45) is 2.09. The van der Waals surface area contributed by atoms with Crippen LogP contribution in [0.4, 0.5) is 0 Å². The van der Waals surface area contributed by atoms with Crippen LogP contribution in [0.5, 0.6) is 11.5 Å². The minimum absolute atomic E-state index is 0.0680. The molecule has 0 unspecified atom stereocenters. The SMILES string of the molecule is C[C@H](C(=O)NCCc1cccc(Oc2ccccc2)c1)N1CCCC1=O. The van der Waals surface area contributed by atoms with E-state index in [0.29, 0.717) is 25.9 Å². The summed E-state index contributed by atoms with van der Waals surface area (Å²) in [5.41, 5.74) is 1.09. The fraction of sp³-hybridized carbons (Fsp3) is 0.333. The molecule has 5 heteroatoms. The van der Waals surface area contributed by atoms with Crippen LogP contribution in [0.1, 0.15) is 25.3 Å². The van der Waals surface area contributed by atoms with Crippen LogP contribution in [0.2, 0.25) is 0 Å². The Bertz CT molecular complexity index is 761. The zero-order valence-electron chi connectivity index (χ0n) is 15.0. The number of carbonyl (C=O) groups excluding carboxylic acids is 2. The molecule has 1 atom stereocenters. The molecule has 0 aliphatic carbocycles. The van der Waals surface area contributed by atoms with E-state index in [9.17, 15) is 9.59 Å². The topological polar surface area (TPSA) is 58.6 Å². The summed E-state index contributed by atoms with van der Waals surface area (Å²) >= 11 is 0. The molecule has 2 aromatic carbocycles. The van der Waals surface area contributed by atoms with Gasteiger partial charge in [-0.15, -0.1) is 0 Å². The molecule has 1 aliphatic rings. The minimum atomic E-state index is -0.405. The molecule has 26 heavy (non-hydrogen) atoms. The van der Waals surface area contributed by atoms with Crippen molar-refractivity contribution < 1.29 is 14.3 Å². The van der Waals surface area contributed by atoms with Crippen molar-refractivity contribution in [3.05, 3.63) is 60.2 Å². The first-order valence-electron chi connectivity index (χ1n) is 9.02. The van der Waals surface area contributed by atoms with Gasteiger partial charge in [-0.05, 0) is 49.6 Å². The molecule has 0 radical (unpaired) electrons. The number of nitrogens with zero attached hydrogens (tertiary/aromatic N) is 1. The summed E-state index contributed by atoms with van der Waals surface area (Å²) < 4.78 is 5.83. The Kier molecular flexibility index (Phi) is 5.89. The standard InChI is InChI=1S/C21H24N2O3/c1-16(23-14-6-11-20(23)24)21(25)22-13-12-17-7-5-10-19(15-17)26-18-8-3-2-4-9-18/h2-5,7-10,15-16H,6,11-14H2,1H3,(H,22,25)/t16-/m1/s1. The summed E-state index contributed by atoms with van der Waals surface area (Å²) in [5.74, 6) is 1.54. The highest BCUT2D eigenvalue weighted by atomic mass is 16.5. The normalized spacial score (nSPS) is 15.0. The third kappa shape index (κ3) is 4.63. The highest BCUT2D eigenvalue weighted by Gasteiger charge is 2.28. The molecule has 0 spiro atoms. The van der Waals surface area contributed by atoms with Gasteiger partial charge in [0.2, 0.25) is 11.8 Å². The van der Waals surface area contributed by atoms with Crippen LogP contribution in [0.15, 0.2) is 54.6 Å². The second-order valence-corrected chi connectivity index (χ2v) is 6.47. The zero-order valence-corrected chi connectivity index (χ0v) is 15.0. The van der Waals surface area contributed by atoms with Crippen molar-refractivity contribution in [2.24, 2.45) is 0 Å². The average Bonchev–Trinajstić information content (AvgIpc) is 3.08. The maximum absolute atomic E-state index is 12.2. The minimum Gasteiger partial charge on any atom is -0.457 e. The molecule has 3 rings (SSSR count). The van der Waals surface area contributed by atoms with Gasteiger partial charge in [0.1, 0.15) is 17.5 Å². The van der Waals surface area contributed by atoms with Gasteiger partial charge >= 0.3 is 0 Å². The number of carbonyl (C=O) groups is 2. The molecule has 2 amide bonds. The summed E-state index contributed by atoms with van der Waals surface area (Å²) in [6, 6.07) is 17.1. The molecule has 1 N–H and O–H groups in total. The van der Waals surface area contributed by atoms with Crippen molar-refractivity contribution in [2.75, 3.05) is 13.1 Å². The van der Waals surface area contributed by atoms with Crippen LogP contribution >= 0.6 is 0 Å². The van der Waals surface area contributed by atoms with Gasteiger partial charge in [-0.3, -0.25) is 9.59 Å². The number of benzene rings is 2. The molecular formula is C21H24N2O3. The summed E-state index contributed by atoms with van der Waals surface area (Å²) in [7, 11) is 0. The van der Waals surface area contributed by atoms with Crippen molar-refractivity contribution >= 4 is 11.8 Å². The fourth-order valence-corrected chi connectivity index (χ4v) is 3.09. The number of ether oxygens (including phenoxy) is 1. The summed E-state index contributed by atoms with van der Waals surface area (Å²) in [5, 5.41) is 2.92. The first kappa shape index (κ1) is 18.0. The zero-order chi connectivity index (χ0) is 18.4. The molecule has 0 bridgehead atoms. The van der Waals surface area contributed by atoms with Crippen LogP contribution < -0.4 is 10.1 Å². The van der Waals surface area contributed by atoms with E-state index in [4.69, 9.17) is 4.74 Å². The van der Waals surface area contributed by atoms with Gasteiger partial charge in [-0.1, -0.05) is 30.3 Å². The fourth-order valence-electron chi connectivity index (χ4n) is 3.09. The van der Waals surface area contributed by atoms with E-state index in [1.807, 2.05) is 54.6 Å². The van der Waals surface area contributed by atoms with E-state index in [0.717, 1.165) is 23.5 Å². The van der Waals surface area contributed by atoms with Gasteiger partial charge in [-0.25, -0.2) is 0 Å². The Balaban J connectivity index is 1.49. The number of hydrogen-bond acceptors (Lipinski definition) is 3. The molecule has 1 aliphatic heterocycles. The second kappa shape index (κ2) is 8.52. The first-order chi connectivity index (χ1) is 12.6. The third-order valence-electron chi connectivity index (χ3n) is 4.55. The van der Waals surface area contributed by atoms with Gasteiger partial charge in [0.15, 0.2) is 0 Å². The lowest BCUT2D eigenvalue weighted by atomic mass is 10.1.